The van der Waals surface area contributed by atoms with Crippen LogP contribution in [0.15, 0.2) is 30.3 Å². The molecule has 2 saturated heterocycles. The molecule has 2 aliphatic rings. The molecule has 26 heavy (non-hydrogen) atoms. The highest BCUT2D eigenvalue weighted by molar-refractivity contribution is 5.96. The van der Waals surface area contributed by atoms with Gasteiger partial charge in [0.05, 0.1) is 0 Å². The predicted molar refractivity (Wildman–Crippen MR) is 99.7 cm³/mol. The first-order chi connectivity index (χ1) is 12.5. The van der Waals surface area contributed by atoms with Gasteiger partial charge < -0.3 is 9.80 Å². The van der Waals surface area contributed by atoms with Crippen LogP contribution in [0.4, 0.5) is 0 Å². The van der Waals surface area contributed by atoms with Crippen LogP contribution in [0.3, 0.4) is 0 Å². The molecule has 2 amide bonds. The lowest BCUT2D eigenvalue weighted by molar-refractivity contribution is -0.141. The van der Waals surface area contributed by atoms with Crippen LogP contribution in [0.5, 0.6) is 0 Å². The maximum atomic E-state index is 12.5. The number of piperidine rings is 2. The molecule has 140 valence electrons. The number of rotatable bonds is 5. The molecule has 5 heteroatoms. The van der Waals surface area contributed by atoms with Gasteiger partial charge in [-0.2, -0.15) is 0 Å². The van der Waals surface area contributed by atoms with E-state index in [0.29, 0.717) is 25.7 Å². The van der Waals surface area contributed by atoms with Gasteiger partial charge in [-0.1, -0.05) is 30.3 Å². The normalized spacial score (nSPS) is 19.7. The zero-order valence-electron chi connectivity index (χ0n) is 15.6. The first kappa shape index (κ1) is 18.6. The molecule has 2 aliphatic heterocycles. The van der Waals surface area contributed by atoms with Crippen molar-refractivity contribution in [3.05, 3.63) is 35.9 Å². The molecule has 5 nitrogen and oxygen atoms in total. The second-order valence-corrected chi connectivity index (χ2v) is 7.77. The third kappa shape index (κ3) is 4.32. The van der Waals surface area contributed by atoms with Crippen molar-refractivity contribution in [1.29, 1.82) is 0 Å². The zero-order chi connectivity index (χ0) is 18.6. The van der Waals surface area contributed by atoms with Crippen molar-refractivity contribution < 1.29 is 14.4 Å². The van der Waals surface area contributed by atoms with Crippen molar-refractivity contribution in [1.82, 2.24) is 9.80 Å². The number of nitrogens with zero attached hydrogens (tertiary/aromatic N) is 2. The Morgan fingerprint density at radius 3 is 2.38 bits per heavy atom. The van der Waals surface area contributed by atoms with E-state index in [2.05, 4.69) is 0 Å². The van der Waals surface area contributed by atoms with Crippen molar-refractivity contribution in [3.63, 3.8) is 0 Å². The Morgan fingerprint density at radius 1 is 1.04 bits per heavy atom. The number of Topliss-reactive ketones (excluding diaryl/α,β-unsaturated/α-hetero) is 1. The van der Waals surface area contributed by atoms with Gasteiger partial charge in [0.1, 0.15) is 0 Å². The lowest BCUT2D eigenvalue weighted by Crippen LogP contribution is -2.51. The van der Waals surface area contributed by atoms with E-state index in [4.69, 9.17) is 0 Å². The monoisotopic (exact) mass is 356 g/mol. The summed E-state index contributed by atoms with van der Waals surface area (Å²) < 4.78 is 0. The lowest BCUT2D eigenvalue weighted by atomic mass is 9.72. The third-order valence-corrected chi connectivity index (χ3v) is 5.93. The van der Waals surface area contributed by atoms with E-state index in [0.717, 1.165) is 44.5 Å². The first-order valence-electron chi connectivity index (χ1n) is 9.59. The molecule has 0 N–H and O–H groups in total. The molecule has 0 aliphatic carbocycles. The van der Waals surface area contributed by atoms with Crippen LogP contribution >= 0.6 is 0 Å². The largest absolute Gasteiger partial charge is 0.345 e. The smallest absolute Gasteiger partial charge is 0.222 e. The quantitative estimate of drug-likeness (QED) is 0.762. The Bertz CT molecular complexity index is 663. The summed E-state index contributed by atoms with van der Waals surface area (Å²) in [7, 11) is 1.88. The number of carbonyl (C=O) groups excluding carboxylic acids is 3. The van der Waals surface area contributed by atoms with Crippen LogP contribution in [-0.4, -0.2) is 54.1 Å². The van der Waals surface area contributed by atoms with E-state index in [9.17, 15) is 14.4 Å². The Kier molecular flexibility index (Phi) is 5.74. The molecule has 1 spiro atoms. The van der Waals surface area contributed by atoms with E-state index >= 15 is 0 Å². The van der Waals surface area contributed by atoms with Gasteiger partial charge in [-0.15, -0.1) is 0 Å². The van der Waals surface area contributed by atoms with E-state index in [1.807, 2.05) is 47.2 Å². The van der Waals surface area contributed by atoms with E-state index in [1.54, 1.807) is 0 Å². The zero-order valence-corrected chi connectivity index (χ0v) is 15.6. The summed E-state index contributed by atoms with van der Waals surface area (Å²) in [4.78, 5) is 40.0. The number of likely N-dealkylation sites (tertiary alicyclic amines) is 2. The number of ketones is 1. The standard InChI is InChI=1S/C21H28N2O3/c1-22-16-21(11-10-19(22)25)12-14-23(15-13-21)20(26)9-5-8-18(24)17-6-3-2-4-7-17/h2-4,6-7H,5,8-16H2,1H3. The Labute approximate surface area is 155 Å². The number of hydrogen-bond donors (Lipinski definition) is 0. The molecular formula is C21H28N2O3. The van der Waals surface area contributed by atoms with Gasteiger partial charge >= 0.3 is 0 Å². The second-order valence-electron chi connectivity index (χ2n) is 7.77. The Balaban J connectivity index is 1.41. The summed E-state index contributed by atoms with van der Waals surface area (Å²) >= 11 is 0. The maximum Gasteiger partial charge on any atom is 0.222 e. The number of hydrogen-bond acceptors (Lipinski definition) is 3. The van der Waals surface area contributed by atoms with Crippen molar-refractivity contribution >= 4 is 17.6 Å². The summed E-state index contributed by atoms with van der Waals surface area (Å²) in [6.07, 6.45) is 4.98. The average Bonchev–Trinajstić information content (AvgIpc) is 2.66. The minimum absolute atomic E-state index is 0.103. The molecule has 3 rings (SSSR count). The molecule has 0 saturated carbocycles. The van der Waals surface area contributed by atoms with Gasteiger partial charge in [0, 0.05) is 51.5 Å². The predicted octanol–water partition coefficient (Wildman–Crippen LogP) is 2.90. The van der Waals surface area contributed by atoms with Crippen molar-refractivity contribution in [2.45, 2.75) is 44.9 Å². The van der Waals surface area contributed by atoms with Crippen LogP contribution in [-0.2, 0) is 9.59 Å². The third-order valence-electron chi connectivity index (χ3n) is 5.93. The van der Waals surface area contributed by atoms with Crippen molar-refractivity contribution in [2.75, 3.05) is 26.7 Å². The van der Waals surface area contributed by atoms with Crippen LogP contribution < -0.4 is 0 Å². The summed E-state index contributed by atoms with van der Waals surface area (Å²) in [5.41, 5.74) is 0.915. The van der Waals surface area contributed by atoms with Crippen LogP contribution in [0.1, 0.15) is 55.3 Å². The molecule has 0 unspecified atom stereocenters. The molecule has 0 radical (unpaired) electrons. The number of amides is 2. The van der Waals surface area contributed by atoms with E-state index in [-0.39, 0.29) is 23.0 Å². The van der Waals surface area contributed by atoms with Crippen LogP contribution in [0.2, 0.25) is 0 Å². The SMILES string of the molecule is CN1CC2(CCC1=O)CCN(C(=O)CCCC(=O)c1ccccc1)CC2. The molecule has 1 aromatic carbocycles. The van der Waals surface area contributed by atoms with Gasteiger partial charge in [-0.3, -0.25) is 14.4 Å². The fourth-order valence-corrected chi connectivity index (χ4v) is 4.20. The van der Waals surface area contributed by atoms with E-state index < -0.39 is 0 Å². The molecular weight excluding hydrogens is 328 g/mol. The van der Waals surface area contributed by atoms with Crippen LogP contribution in [0.25, 0.3) is 0 Å². The number of benzene rings is 1. The van der Waals surface area contributed by atoms with Gasteiger partial charge in [-0.05, 0) is 31.1 Å². The van der Waals surface area contributed by atoms with Crippen molar-refractivity contribution in [3.8, 4) is 0 Å². The molecule has 0 atom stereocenters. The fraction of sp³-hybridized carbons (Fsp3) is 0.571. The molecule has 0 bridgehead atoms. The van der Waals surface area contributed by atoms with Gasteiger partial charge in [-0.25, -0.2) is 0 Å². The summed E-state index contributed by atoms with van der Waals surface area (Å²) in [5, 5.41) is 0. The highest BCUT2D eigenvalue weighted by atomic mass is 16.2. The van der Waals surface area contributed by atoms with Gasteiger partial charge in [0.15, 0.2) is 5.78 Å². The maximum absolute atomic E-state index is 12.5. The second kappa shape index (κ2) is 8.02. The minimum atomic E-state index is 0.103. The van der Waals surface area contributed by atoms with Crippen LogP contribution in [0, 0.1) is 5.41 Å². The molecule has 0 aromatic heterocycles. The lowest BCUT2D eigenvalue weighted by Gasteiger charge is -2.46. The Morgan fingerprint density at radius 2 is 1.73 bits per heavy atom. The summed E-state index contributed by atoms with van der Waals surface area (Å²) in [6, 6.07) is 9.25. The highest BCUT2D eigenvalue weighted by Gasteiger charge is 2.40. The summed E-state index contributed by atoms with van der Waals surface area (Å²) in [6.45, 7) is 2.36. The van der Waals surface area contributed by atoms with Gasteiger partial charge in [0.2, 0.25) is 11.8 Å². The highest BCUT2D eigenvalue weighted by Crippen LogP contribution is 2.39. The minimum Gasteiger partial charge on any atom is -0.345 e. The average molecular weight is 356 g/mol. The fourth-order valence-electron chi connectivity index (χ4n) is 4.20. The van der Waals surface area contributed by atoms with E-state index in [1.165, 1.54) is 0 Å². The van der Waals surface area contributed by atoms with Gasteiger partial charge in [0.25, 0.3) is 0 Å². The Hall–Kier alpha value is -2.17. The first-order valence-corrected chi connectivity index (χ1v) is 9.59. The molecule has 2 fully saturated rings. The molecule has 1 aromatic rings. The number of carbonyl (C=O) groups is 3. The summed E-state index contributed by atoms with van der Waals surface area (Å²) in [5.74, 6) is 0.490. The molecule has 2 heterocycles. The topological polar surface area (TPSA) is 57.7 Å². The van der Waals surface area contributed by atoms with Crippen molar-refractivity contribution in [2.24, 2.45) is 5.41 Å².